The topological polar surface area (TPSA) is 51.4 Å². The van der Waals surface area contributed by atoms with E-state index in [1.165, 1.54) is 0 Å². The Morgan fingerprint density at radius 2 is 2.33 bits per heavy atom. The van der Waals surface area contributed by atoms with Crippen molar-refractivity contribution in [2.45, 2.75) is 39.0 Å². The van der Waals surface area contributed by atoms with Gasteiger partial charge in [-0.15, -0.1) is 0 Å². The van der Waals surface area contributed by atoms with Crippen LogP contribution in [0.2, 0.25) is 5.02 Å². The van der Waals surface area contributed by atoms with E-state index in [-0.39, 0.29) is 11.7 Å². The van der Waals surface area contributed by atoms with Crippen molar-refractivity contribution < 1.29 is 4.74 Å². The third-order valence-corrected chi connectivity index (χ3v) is 3.45. The predicted molar refractivity (Wildman–Crippen MR) is 74.0 cm³/mol. The SMILES string of the molecule is CC1CN(c2nccc(CN)c2Cl)CC(C)(C)O1. The van der Waals surface area contributed by atoms with E-state index < -0.39 is 0 Å². The molecule has 1 atom stereocenters. The van der Waals surface area contributed by atoms with Crippen LogP contribution in [0.25, 0.3) is 0 Å². The Balaban J connectivity index is 2.31. The number of hydrogen-bond acceptors (Lipinski definition) is 4. The molecule has 0 bridgehead atoms. The van der Waals surface area contributed by atoms with Gasteiger partial charge in [0.25, 0.3) is 0 Å². The van der Waals surface area contributed by atoms with Crippen molar-refractivity contribution in [1.29, 1.82) is 0 Å². The zero-order valence-corrected chi connectivity index (χ0v) is 11.9. The summed E-state index contributed by atoms with van der Waals surface area (Å²) in [7, 11) is 0. The monoisotopic (exact) mass is 269 g/mol. The van der Waals surface area contributed by atoms with Gasteiger partial charge in [-0.05, 0) is 32.4 Å². The molecule has 1 aromatic heterocycles. The van der Waals surface area contributed by atoms with Crippen LogP contribution in [0.1, 0.15) is 26.3 Å². The summed E-state index contributed by atoms with van der Waals surface area (Å²) < 4.78 is 5.88. The highest BCUT2D eigenvalue weighted by atomic mass is 35.5. The first-order chi connectivity index (χ1) is 8.43. The van der Waals surface area contributed by atoms with Crippen LogP contribution in [-0.4, -0.2) is 29.8 Å². The largest absolute Gasteiger partial charge is 0.369 e. The maximum Gasteiger partial charge on any atom is 0.147 e. The molecule has 2 N–H and O–H groups in total. The summed E-state index contributed by atoms with van der Waals surface area (Å²) in [6.45, 7) is 8.22. The van der Waals surface area contributed by atoms with Crippen molar-refractivity contribution in [3.8, 4) is 0 Å². The number of morpholine rings is 1. The van der Waals surface area contributed by atoms with Gasteiger partial charge in [-0.1, -0.05) is 11.6 Å². The third-order valence-electron chi connectivity index (χ3n) is 3.04. The highest BCUT2D eigenvalue weighted by molar-refractivity contribution is 6.33. The molecular formula is C13H20ClN3O. The van der Waals surface area contributed by atoms with Gasteiger partial charge in [-0.25, -0.2) is 4.98 Å². The summed E-state index contributed by atoms with van der Waals surface area (Å²) in [5.74, 6) is 0.808. The summed E-state index contributed by atoms with van der Waals surface area (Å²) in [6.07, 6.45) is 1.92. The quantitative estimate of drug-likeness (QED) is 0.894. The van der Waals surface area contributed by atoms with E-state index in [1.54, 1.807) is 6.20 Å². The molecule has 1 aromatic rings. The van der Waals surface area contributed by atoms with Crippen LogP contribution >= 0.6 is 11.6 Å². The molecule has 100 valence electrons. The fourth-order valence-electron chi connectivity index (χ4n) is 2.46. The van der Waals surface area contributed by atoms with Gasteiger partial charge in [-0.2, -0.15) is 0 Å². The molecule has 0 amide bonds. The molecule has 1 aliphatic rings. The van der Waals surface area contributed by atoms with Gasteiger partial charge in [-0.3, -0.25) is 0 Å². The van der Waals surface area contributed by atoms with Gasteiger partial charge < -0.3 is 15.4 Å². The molecule has 0 radical (unpaired) electrons. The van der Waals surface area contributed by atoms with Crippen molar-refractivity contribution in [2.75, 3.05) is 18.0 Å². The Hall–Kier alpha value is -0.840. The third kappa shape index (κ3) is 2.76. The summed E-state index contributed by atoms with van der Waals surface area (Å²) in [5.41, 5.74) is 6.41. The van der Waals surface area contributed by atoms with Crippen LogP contribution < -0.4 is 10.6 Å². The van der Waals surface area contributed by atoms with Gasteiger partial charge >= 0.3 is 0 Å². The molecule has 2 heterocycles. The molecule has 1 fully saturated rings. The first kappa shape index (κ1) is 13.6. The number of ether oxygens (including phenoxy) is 1. The lowest BCUT2D eigenvalue weighted by atomic mass is 10.1. The summed E-state index contributed by atoms with van der Waals surface area (Å²) >= 11 is 6.36. The Morgan fingerprint density at radius 3 is 2.94 bits per heavy atom. The van der Waals surface area contributed by atoms with E-state index in [1.807, 2.05) is 6.07 Å². The van der Waals surface area contributed by atoms with Crippen molar-refractivity contribution in [2.24, 2.45) is 5.73 Å². The molecular weight excluding hydrogens is 250 g/mol. The minimum atomic E-state index is -0.193. The number of nitrogens with zero attached hydrogens (tertiary/aromatic N) is 2. The molecule has 0 spiro atoms. The Bertz CT molecular complexity index is 436. The maximum atomic E-state index is 6.36. The number of pyridine rings is 1. The number of aromatic nitrogens is 1. The van der Waals surface area contributed by atoms with Crippen LogP contribution in [0.15, 0.2) is 12.3 Å². The van der Waals surface area contributed by atoms with Gasteiger partial charge in [0, 0.05) is 25.8 Å². The average molecular weight is 270 g/mol. The number of anilines is 1. The van der Waals surface area contributed by atoms with E-state index in [2.05, 4.69) is 30.7 Å². The number of hydrogen-bond donors (Lipinski definition) is 1. The lowest BCUT2D eigenvalue weighted by molar-refractivity contribution is -0.0751. The first-order valence-corrected chi connectivity index (χ1v) is 6.57. The molecule has 0 saturated carbocycles. The second-order valence-corrected chi connectivity index (χ2v) is 5.76. The second kappa shape index (κ2) is 5.03. The van der Waals surface area contributed by atoms with Gasteiger partial charge in [0.2, 0.25) is 0 Å². The van der Waals surface area contributed by atoms with Gasteiger partial charge in [0.05, 0.1) is 16.7 Å². The van der Waals surface area contributed by atoms with Crippen molar-refractivity contribution in [3.63, 3.8) is 0 Å². The van der Waals surface area contributed by atoms with E-state index in [0.29, 0.717) is 11.6 Å². The Labute approximate surface area is 113 Å². The summed E-state index contributed by atoms with van der Waals surface area (Å²) in [5, 5.41) is 0.657. The Morgan fingerprint density at radius 1 is 1.61 bits per heavy atom. The lowest BCUT2D eigenvalue weighted by Gasteiger charge is -2.42. The smallest absolute Gasteiger partial charge is 0.147 e. The fourth-order valence-corrected chi connectivity index (χ4v) is 2.77. The summed E-state index contributed by atoms with van der Waals surface area (Å²) in [4.78, 5) is 6.57. The van der Waals surface area contributed by atoms with Gasteiger partial charge in [0.15, 0.2) is 0 Å². The molecule has 18 heavy (non-hydrogen) atoms. The van der Waals surface area contributed by atoms with Crippen LogP contribution in [-0.2, 0) is 11.3 Å². The zero-order chi connectivity index (χ0) is 13.3. The standard InChI is InChI=1S/C13H20ClN3O/c1-9-7-17(8-13(2,3)18-9)12-11(14)10(6-15)4-5-16-12/h4-5,9H,6-8,15H2,1-3H3. The number of nitrogens with two attached hydrogens (primary N) is 1. The normalized spacial score (nSPS) is 23.2. The average Bonchev–Trinajstić information content (AvgIpc) is 2.26. The fraction of sp³-hybridized carbons (Fsp3) is 0.615. The number of halogens is 1. The van der Waals surface area contributed by atoms with E-state index in [4.69, 9.17) is 22.1 Å². The molecule has 1 aliphatic heterocycles. The zero-order valence-electron chi connectivity index (χ0n) is 11.1. The minimum Gasteiger partial charge on any atom is -0.369 e. The van der Waals surface area contributed by atoms with Crippen molar-refractivity contribution >= 4 is 17.4 Å². The molecule has 1 unspecified atom stereocenters. The van der Waals surface area contributed by atoms with E-state index in [0.717, 1.165) is 24.5 Å². The number of rotatable bonds is 2. The highest BCUT2D eigenvalue weighted by Crippen LogP contribution is 2.31. The molecule has 4 nitrogen and oxygen atoms in total. The molecule has 5 heteroatoms. The lowest BCUT2D eigenvalue weighted by Crippen LogP contribution is -2.52. The van der Waals surface area contributed by atoms with Crippen molar-refractivity contribution in [3.05, 3.63) is 22.8 Å². The van der Waals surface area contributed by atoms with Crippen LogP contribution in [0.3, 0.4) is 0 Å². The van der Waals surface area contributed by atoms with Crippen LogP contribution in [0, 0.1) is 0 Å². The van der Waals surface area contributed by atoms with Crippen molar-refractivity contribution in [1.82, 2.24) is 4.98 Å². The molecule has 2 rings (SSSR count). The first-order valence-electron chi connectivity index (χ1n) is 6.19. The molecule has 0 aliphatic carbocycles. The van der Waals surface area contributed by atoms with E-state index >= 15 is 0 Å². The van der Waals surface area contributed by atoms with Gasteiger partial charge in [0.1, 0.15) is 5.82 Å². The predicted octanol–water partition coefficient (Wildman–Crippen LogP) is 2.20. The Kier molecular flexibility index (Phi) is 3.80. The minimum absolute atomic E-state index is 0.160. The van der Waals surface area contributed by atoms with E-state index in [9.17, 15) is 0 Å². The maximum absolute atomic E-state index is 6.36. The van der Waals surface area contributed by atoms with Crippen LogP contribution in [0.4, 0.5) is 5.82 Å². The molecule has 0 aromatic carbocycles. The van der Waals surface area contributed by atoms with Crippen LogP contribution in [0.5, 0.6) is 0 Å². The second-order valence-electron chi connectivity index (χ2n) is 5.38. The highest BCUT2D eigenvalue weighted by Gasteiger charge is 2.32. The molecule has 1 saturated heterocycles. The summed E-state index contributed by atoms with van der Waals surface area (Å²) in [6, 6.07) is 1.86.